The molecule has 4 rings (SSSR count). The molecule has 1 aromatic rings. The molecule has 150 valence electrons. The number of likely N-dealkylation sites (tertiary alicyclic amines) is 1. The van der Waals surface area contributed by atoms with Crippen LogP contribution in [-0.4, -0.2) is 42.3 Å². The summed E-state index contributed by atoms with van der Waals surface area (Å²) in [6, 6.07) is 6.10. The number of benzene rings is 1. The van der Waals surface area contributed by atoms with Crippen molar-refractivity contribution in [2.45, 2.75) is 51.9 Å². The van der Waals surface area contributed by atoms with Crippen molar-refractivity contribution >= 4 is 29.1 Å². The number of hydrogen-bond donors (Lipinski definition) is 1. The van der Waals surface area contributed by atoms with E-state index in [1.54, 1.807) is 0 Å². The molecule has 2 unspecified atom stereocenters. The minimum atomic E-state index is -0.160. The summed E-state index contributed by atoms with van der Waals surface area (Å²) in [6.45, 7) is 4.35. The summed E-state index contributed by atoms with van der Waals surface area (Å²) in [5.74, 6) is -0.607. The van der Waals surface area contributed by atoms with Crippen LogP contribution in [0.25, 0.3) is 0 Å². The third-order valence-corrected chi connectivity index (χ3v) is 6.45. The fourth-order valence-electron chi connectivity index (χ4n) is 4.84. The number of aryl methyl sites for hydroxylation is 1. The average Bonchev–Trinajstić information content (AvgIpc) is 3.31. The lowest BCUT2D eigenvalue weighted by molar-refractivity contribution is -0.140. The van der Waals surface area contributed by atoms with Crippen LogP contribution in [0.3, 0.4) is 0 Å². The Balaban J connectivity index is 1.33. The van der Waals surface area contributed by atoms with Gasteiger partial charge >= 0.3 is 0 Å². The van der Waals surface area contributed by atoms with E-state index in [-0.39, 0.29) is 42.5 Å². The number of amides is 3. The molecule has 1 N–H and O–H groups in total. The first-order chi connectivity index (χ1) is 13.5. The molecule has 2 heterocycles. The van der Waals surface area contributed by atoms with Gasteiger partial charge in [0.05, 0.1) is 11.8 Å². The molecule has 3 amide bonds. The zero-order valence-electron chi connectivity index (χ0n) is 16.6. The number of imide groups is 1. The van der Waals surface area contributed by atoms with Crippen molar-refractivity contribution in [1.82, 2.24) is 4.90 Å². The predicted molar refractivity (Wildman–Crippen MR) is 108 cm³/mol. The molecule has 2 atom stereocenters. The third-order valence-electron chi connectivity index (χ3n) is 6.45. The zero-order chi connectivity index (χ0) is 19.7. The minimum absolute atomic E-state index is 0.0753. The van der Waals surface area contributed by atoms with Crippen molar-refractivity contribution < 1.29 is 14.4 Å². The minimum Gasteiger partial charge on any atom is -0.372 e. The number of hydrogen-bond acceptors (Lipinski definition) is 4. The summed E-state index contributed by atoms with van der Waals surface area (Å²) in [4.78, 5) is 41.1. The SMILES string of the molecule is Cc1cc(N2CCCC2)ccc1NC(=O)CCN1C(=O)C2CCCCC2C1=O. The molecule has 1 aromatic carbocycles. The molecule has 1 aliphatic carbocycles. The molecule has 0 radical (unpaired) electrons. The number of fused-ring (bicyclic) bond motifs is 1. The van der Waals surface area contributed by atoms with Crippen molar-refractivity contribution in [3.8, 4) is 0 Å². The fourth-order valence-corrected chi connectivity index (χ4v) is 4.84. The van der Waals surface area contributed by atoms with Crippen LogP contribution in [0.1, 0.15) is 50.5 Å². The average molecular weight is 383 g/mol. The van der Waals surface area contributed by atoms with Gasteiger partial charge in [-0.15, -0.1) is 0 Å². The first-order valence-electron chi connectivity index (χ1n) is 10.6. The van der Waals surface area contributed by atoms with Gasteiger partial charge in [0.1, 0.15) is 0 Å². The van der Waals surface area contributed by atoms with E-state index < -0.39 is 0 Å². The van der Waals surface area contributed by atoms with Crippen LogP contribution in [0.15, 0.2) is 18.2 Å². The van der Waals surface area contributed by atoms with Crippen LogP contribution >= 0.6 is 0 Å². The summed E-state index contributed by atoms with van der Waals surface area (Å²) in [5, 5.41) is 2.94. The van der Waals surface area contributed by atoms with E-state index in [2.05, 4.69) is 16.3 Å². The number of carbonyl (C=O) groups is 3. The summed E-state index contributed by atoms with van der Waals surface area (Å²) < 4.78 is 0. The molecule has 0 aromatic heterocycles. The van der Waals surface area contributed by atoms with E-state index in [1.807, 2.05) is 19.1 Å². The smallest absolute Gasteiger partial charge is 0.233 e. The Kier molecular flexibility index (Phi) is 5.38. The maximum Gasteiger partial charge on any atom is 0.233 e. The van der Waals surface area contributed by atoms with Crippen LogP contribution in [0.2, 0.25) is 0 Å². The topological polar surface area (TPSA) is 69.7 Å². The monoisotopic (exact) mass is 383 g/mol. The molecule has 6 nitrogen and oxygen atoms in total. The highest BCUT2D eigenvalue weighted by atomic mass is 16.2. The van der Waals surface area contributed by atoms with Gasteiger partial charge in [0.2, 0.25) is 17.7 Å². The van der Waals surface area contributed by atoms with Gasteiger partial charge in [0, 0.05) is 37.4 Å². The molecular weight excluding hydrogens is 354 g/mol. The molecule has 0 bridgehead atoms. The maximum absolute atomic E-state index is 12.5. The number of carbonyl (C=O) groups excluding carboxylic acids is 3. The first-order valence-corrected chi connectivity index (χ1v) is 10.6. The Labute approximate surface area is 166 Å². The van der Waals surface area contributed by atoms with Crippen LogP contribution < -0.4 is 10.2 Å². The third kappa shape index (κ3) is 3.64. The standard InChI is InChI=1S/C22H29N3O3/c1-15-14-16(24-11-4-5-12-24)8-9-19(15)23-20(26)10-13-25-21(27)17-6-2-3-7-18(17)22(25)28/h8-9,14,17-18H,2-7,10-13H2,1H3,(H,23,26). The largest absolute Gasteiger partial charge is 0.372 e. The Bertz CT molecular complexity index is 761. The molecule has 3 fully saturated rings. The second kappa shape index (κ2) is 7.94. The Morgan fingerprint density at radius 2 is 1.68 bits per heavy atom. The Hall–Kier alpha value is -2.37. The number of nitrogens with zero attached hydrogens (tertiary/aromatic N) is 2. The van der Waals surface area contributed by atoms with Crippen molar-refractivity contribution in [3.05, 3.63) is 23.8 Å². The second-order valence-electron chi connectivity index (χ2n) is 8.32. The van der Waals surface area contributed by atoms with Gasteiger partial charge in [0.25, 0.3) is 0 Å². The van der Waals surface area contributed by atoms with E-state index >= 15 is 0 Å². The van der Waals surface area contributed by atoms with E-state index in [4.69, 9.17) is 0 Å². The number of nitrogens with one attached hydrogen (secondary N) is 1. The highest BCUT2D eigenvalue weighted by Gasteiger charge is 2.47. The lowest BCUT2D eigenvalue weighted by Gasteiger charge is -2.19. The van der Waals surface area contributed by atoms with Crippen molar-refractivity contribution in [1.29, 1.82) is 0 Å². The summed E-state index contributed by atoms with van der Waals surface area (Å²) in [5.41, 5.74) is 3.02. The zero-order valence-corrected chi connectivity index (χ0v) is 16.6. The lowest BCUT2D eigenvalue weighted by Crippen LogP contribution is -2.34. The van der Waals surface area contributed by atoms with Gasteiger partial charge < -0.3 is 10.2 Å². The van der Waals surface area contributed by atoms with Crippen molar-refractivity contribution in [3.63, 3.8) is 0 Å². The summed E-state index contributed by atoms with van der Waals surface area (Å²) in [6.07, 6.45) is 6.24. The second-order valence-corrected chi connectivity index (χ2v) is 8.32. The summed E-state index contributed by atoms with van der Waals surface area (Å²) in [7, 11) is 0. The molecule has 1 saturated carbocycles. The Morgan fingerprint density at radius 3 is 2.29 bits per heavy atom. The number of rotatable bonds is 5. The number of anilines is 2. The molecule has 28 heavy (non-hydrogen) atoms. The van der Waals surface area contributed by atoms with Crippen LogP contribution in [0.5, 0.6) is 0 Å². The van der Waals surface area contributed by atoms with E-state index in [9.17, 15) is 14.4 Å². The quantitative estimate of drug-likeness (QED) is 0.794. The molecule has 6 heteroatoms. The maximum atomic E-state index is 12.5. The van der Waals surface area contributed by atoms with Crippen LogP contribution in [0.4, 0.5) is 11.4 Å². The summed E-state index contributed by atoms with van der Waals surface area (Å²) >= 11 is 0. The first kappa shape index (κ1) is 19.0. The normalized spacial score (nSPS) is 24.6. The molecule has 2 saturated heterocycles. The molecule has 3 aliphatic rings. The highest BCUT2D eigenvalue weighted by molar-refractivity contribution is 6.05. The predicted octanol–water partition coefficient (Wildman–Crippen LogP) is 3.10. The van der Waals surface area contributed by atoms with Gasteiger partial charge in [-0.3, -0.25) is 19.3 Å². The molecule has 2 aliphatic heterocycles. The molecular formula is C22H29N3O3. The van der Waals surface area contributed by atoms with Crippen molar-refractivity contribution in [2.75, 3.05) is 29.9 Å². The molecule has 0 spiro atoms. The van der Waals surface area contributed by atoms with Gasteiger partial charge in [-0.25, -0.2) is 0 Å². The highest BCUT2D eigenvalue weighted by Crippen LogP contribution is 2.38. The lowest BCUT2D eigenvalue weighted by atomic mass is 9.81. The van der Waals surface area contributed by atoms with Crippen molar-refractivity contribution in [2.24, 2.45) is 11.8 Å². The van der Waals surface area contributed by atoms with Crippen LogP contribution in [-0.2, 0) is 14.4 Å². The van der Waals surface area contributed by atoms with Gasteiger partial charge in [-0.1, -0.05) is 12.8 Å². The van der Waals surface area contributed by atoms with Crippen LogP contribution in [0, 0.1) is 18.8 Å². The Morgan fingerprint density at radius 1 is 1.04 bits per heavy atom. The van der Waals surface area contributed by atoms with Gasteiger partial charge in [-0.05, 0) is 56.4 Å². The van der Waals surface area contributed by atoms with E-state index in [0.29, 0.717) is 0 Å². The van der Waals surface area contributed by atoms with Gasteiger partial charge in [0.15, 0.2) is 0 Å². The van der Waals surface area contributed by atoms with E-state index in [0.717, 1.165) is 50.0 Å². The van der Waals surface area contributed by atoms with Gasteiger partial charge in [-0.2, -0.15) is 0 Å². The fraction of sp³-hybridized carbons (Fsp3) is 0.591. The van der Waals surface area contributed by atoms with E-state index in [1.165, 1.54) is 23.4 Å².